The lowest BCUT2D eigenvalue weighted by Crippen LogP contribution is -2.10. The smallest absolute Gasteiger partial charge is 0.348 e. The van der Waals surface area contributed by atoms with Gasteiger partial charge in [0.05, 0.1) is 6.04 Å². The predicted molar refractivity (Wildman–Crippen MR) is 41.3 cm³/mol. The van der Waals surface area contributed by atoms with E-state index in [1.165, 1.54) is 19.3 Å². The van der Waals surface area contributed by atoms with Crippen molar-refractivity contribution in [2.24, 2.45) is 16.0 Å². The Balaban J connectivity index is 2.29. The van der Waals surface area contributed by atoms with Crippen LogP contribution >= 0.6 is 0 Å². The maximum Gasteiger partial charge on any atom is 0.356 e. The second kappa shape index (κ2) is 4.05. The largest absolute Gasteiger partial charge is 0.356 e. The van der Waals surface area contributed by atoms with Crippen molar-refractivity contribution in [3.8, 4) is 0 Å². The summed E-state index contributed by atoms with van der Waals surface area (Å²) < 4.78 is 0. The molecule has 4 heteroatoms. The molecule has 1 aliphatic rings. The Labute approximate surface area is 65.9 Å². The van der Waals surface area contributed by atoms with Gasteiger partial charge < -0.3 is 5.73 Å². The van der Waals surface area contributed by atoms with Crippen LogP contribution in [0.3, 0.4) is 0 Å². The Bertz CT molecular complexity index is 161. The van der Waals surface area contributed by atoms with E-state index in [9.17, 15) is 4.79 Å². The van der Waals surface area contributed by atoms with Crippen LogP contribution in [-0.2, 0) is 0 Å². The molecule has 0 heterocycles. The molecule has 0 radical (unpaired) electrons. The fourth-order valence-corrected chi connectivity index (χ4v) is 1.34. The van der Waals surface area contributed by atoms with Gasteiger partial charge in [0.25, 0.3) is 0 Å². The van der Waals surface area contributed by atoms with Crippen LogP contribution in [0.4, 0.5) is 4.79 Å². The van der Waals surface area contributed by atoms with Crippen molar-refractivity contribution in [2.45, 2.75) is 38.1 Å². The minimum atomic E-state index is -0.685. The van der Waals surface area contributed by atoms with Gasteiger partial charge in [-0.2, -0.15) is 5.11 Å². The molecule has 1 rings (SSSR count). The molecule has 0 unspecified atom stereocenters. The molecule has 11 heavy (non-hydrogen) atoms. The summed E-state index contributed by atoms with van der Waals surface area (Å²) in [6, 6.07) is -0.438. The minimum absolute atomic E-state index is 0.247. The van der Waals surface area contributed by atoms with Gasteiger partial charge in [-0.25, -0.2) is 4.79 Å². The average molecular weight is 155 g/mol. The van der Waals surface area contributed by atoms with Crippen molar-refractivity contribution < 1.29 is 4.79 Å². The summed E-state index contributed by atoms with van der Waals surface area (Å²) in [5.74, 6) is 0. The van der Waals surface area contributed by atoms with Crippen molar-refractivity contribution in [3.05, 3.63) is 0 Å². The summed E-state index contributed by atoms with van der Waals surface area (Å²) >= 11 is 0. The lowest BCUT2D eigenvalue weighted by Gasteiger charge is -2.15. The normalized spacial score (nSPS) is 20.7. The third-order valence-corrected chi connectivity index (χ3v) is 1.89. The number of primary amides is 1. The van der Waals surface area contributed by atoms with Gasteiger partial charge in [0.2, 0.25) is 0 Å². The van der Waals surface area contributed by atoms with E-state index in [1.54, 1.807) is 0 Å². The molecule has 0 aromatic rings. The molecule has 62 valence electrons. The minimum Gasteiger partial charge on any atom is -0.348 e. The molecule has 1 saturated carbocycles. The van der Waals surface area contributed by atoms with E-state index in [2.05, 4.69) is 10.2 Å². The van der Waals surface area contributed by atoms with E-state index >= 15 is 0 Å². The van der Waals surface area contributed by atoms with Gasteiger partial charge in [-0.05, 0) is 12.8 Å². The summed E-state index contributed by atoms with van der Waals surface area (Å²) in [6.07, 6.45) is 5.78. The number of hydrogen-bond donors (Lipinski definition) is 1. The summed E-state index contributed by atoms with van der Waals surface area (Å²) in [5, 5.41) is 7.15. The molecule has 1 fully saturated rings. The van der Waals surface area contributed by atoms with Gasteiger partial charge in [-0.15, -0.1) is 0 Å². The number of hydrogen-bond acceptors (Lipinski definition) is 2. The van der Waals surface area contributed by atoms with Gasteiger partial charge in [-0.1, -0.05) is 24.4 Å². The Morgan fingerprint density at radius 1 is 1.27 bits per heavy atom. The van der Waals surface area contributed by atoms with Crippen LogP contribution < -0.4 is 5.73 Å². The second-order valence-electron chi connectivity index (χ2n) is 2.85. The highest BCUT2D eigenvalue weighted by molar-refractivity contribution is 5.71. The van der Waals surface area contributed by atoms with Gasteiger partial charge in [0.1, 0.15) is 0 Å². The van der Waals surface area contributed by atoms with E-state index in [0.29, 0.717) is 0 Å². The SMILES string of the molecule is NC(=O)N=NC1CCCCC1. The van der Waals surface area contributed by atoms with Crippen LogP contribution in [0.2, 0.25) is 0 Å². The topological polar surface area (TPSA) is 67.8 Å². The van der Waals surface area contributed by atoms with Gasteiger partial charge in [0, 0.05) is 0 Å². The van der Waals surface area contributed by atoms with Crippen molar-refractivity contribution >= 4 is 6.03 Å². The molecule has 0 saturated heterocycles. The van der Waals surface area contributed by atoms with Crippen LogP contribution in [0.15, 0.2) is 10.2 Å². The Kier molecular flexibility index (Phi) is 3.01. The lowest BCUT2D eigenvalue weighted by atomic mass is 9.96. The molecular weight excluding hydrogens is 142 g/mol. The Morgan fingerprint density at radius 3 is 2.45 bits per heavy atom. The number of carbonyl (C=O) groups excluding carboxylic acids is 1. The molecule has 0 aliphatic heterocycles. The number of carbonyl (C=O) groups is 1. The number of azo groups is 1. The molecule has 2 N–H and O–H groups in total. The molecular formula is C7H13N3O. The second-order valence-corrected chi connectivity index (χ2v) is 2.85. The Morgan fingerprint density at radius 2 is 1.91 bits per heavy atom. The first-order valence-electron chi connectivity index (χ1n) is 3.99. The molecule has 0 aromatic carbocycles. The zero-order valence-electron chi connectivity index (χ0n) is 6.49. The Hall–Kier alpha value is -0.930. The van der Waals surface area contributed by atoms with Crippen LogP contribution in [0.5, 0.6) is 0 Å². The summed E-state index contributed by atoms with van der Waals surface area (Å²) in [4.78, 5) is 10.2. The number of rotatable bonds is 1. The molecule has 0 bridgehead atoms. The maximum absolute atomic E-state index is 10.2. The third-order valence-electron chi connectivity index (χ3n) is 1.89. The zero-order chi connectivity index (χ0) is 8.10. The van der Waals surface area contributed by atoms with E-state index < -0.39 is 6.03 Å². The van der Waals surface area contributed by atoms with Crippen LogP contribution in [0.1, 0.15) is 32.1 Å². The highest BCUT2D eigenvalue weighted by Crippen LogP contribution is 2.20. The average Bonchev–Trinajstić information content (AvgIpc) is 2.03. The number of amides is 2. The van der Waals surface area contributed by atoms with E-state index in [-0.39, 0.29) is 6.04 Å². The van der Waals surface area contributed by atoms with Gasteiger partial charge in [0.15, 0.2) is 0 Å². The van der Waals surface area contributed by atoms with Gasteiger partial charge in [-0.3, -0.25) is 0 Å². The van der Waals surface area contributed by atoms with Crippen LogP contribution in [0.25, 0.3) is 0 Å². The number of urea groups is 1. The first kappa shape index (κ1) is 8.17. The highest BCUT2D eigenvalue weighted by atomic mass is 16.2. The predicted octanol–water partition coefficient (Wildman–Crippen LogP) is 1.85. The summed E-state index contributed by atoms with van der Waals surface area (Å²) in [5.41, 5.74) is 4.81. The first-order chi connectivity index (χ1) is 5.29. The van der Waals surface area contributed by atoms with Crippen LogP contribution in [0, 0.1) is 0 Å². The summed E-state index contributed by atoms with van der Waals surface area (Å²) in [7, 11) is 0. The van der Waals surface area contributed by atoms with E-state index in [0.717, 1.165) is 12.8 Å². The monoisotopic (exact) mass is 155 g/mol. The fourth-order valence-electron chi connectivity index (χ4n) is 1.34. The molecule has 1 aliphatic carbocycles. The third kappa shape index (κ3) is 3.11. The summed E-state index contributed by atoms with van der Waals surface area (Å²) in [6.45, 7) is 0. The fraction of sp³-hybridized carbons (Fsp3) is 0.857. The van der Waals surface area contributed by atoms with E-state index in [4.69, 9.17) is 5.73 Å². The highest BCUT2D eigenvalue weighted by Gasteiger charge is 2.11. The quantitative estimate of drug-likeness (QED) is 0.577. The number of nitrogens with zero attached hydrogens (tertiary/aromatic N) is 2. The maximum atomic E-state index is 10.2. The molecule has 2 amide bonds. The van der Waals surface area contributed by atoms with Crippen molar-refractivity contribution in [2.75, 3.05) is 0 Å². The van der Waals surface area contributed by atoms with Crippen molar-refractivity contribution in [1.82, 2.24) is 0 Å². The first-order valence-corrected chi connectivity index (χ1v) is 3.99. The van der Waals surface area contributed by atoms with Crippen molar-refractivity contribution in [1.29, 1.82) is 0 Å². The zero-order valence-corrected chi connectivity index (χ0v) is 6.49. The molecule has 0 atom stereocenters. The molecule has 4 nitrogen and oxygen atoms in total. The standard InChI is InChI=1S/C7H13N3O/c8-7(11)10-9-6-4-2-1-3-5-6/h6H,1-5H2,(H2,8,11). The van der Waals surface area contributed by atoms with E-state index in [1.807, 2.05) is 0 Å². The van der Waals surface area contributed by atoms with Gasteiger partial charge >= 0.3 is 6.03 Å². The van der Waals surface area contributed by atoms with Crippen molar-refractivity contribution in [3.63, 3.8) is 0 Å². The number of nitrogens with two attached hydrogens (primary N) is 1. The lowest BCUT2D eigenvalue weighted by molar-refractivity contribution is 0.254. The molecule has 0 aromatic heterocycles. The molecule has 0 spiro atoms. The van der Waals surface area contributed by atoms with Crippen LogP contribution in [-0.4, -0.2) is 12.1 Å².